The number of rotatable bonds is 6. The summed E-state index contributed by atoms with van der Waals surface area (Å²) in [6.45, 7) is 10.8. The fourth-order valence-corrected chi connectivity index (χ4v) is 1.93. The summed E-state index contributed by atoms with van der Waals surface area (Å²) in [6, 6.07) is 3.87. The zero-order chi connectivity index (χ0) is 15.3. The predicted octanol–water partition coefficient (Wildman–Crippen LogP) is 2.98. The van der Waals surface area contributed by atoms with Gasteiger partial charge in [-0.1, -0.05) is 0 Å². The zero-order valence-corrected chi connectivity index (χ0v) is 13.3. The number of hydrogen-bond acceptors (Lipinski definition) is 5. The highest BCUT2D eigenvalue weighted by atomic mass is 16.3. The van der Waals surface area contributed by atoms with E-state index in [9.17, 15) is 0 Å². The van der Waals surface area contributed by atoms with Gasteiger partial charge in [-0.3, -0.25) is 4.98 Å². The van der Waals surface area contributed by atoms with E-state index in [2.05, 4.69) is 47.9 Å². The van der Waals surface area contributed by atoms with Crippen LogP contribution in [0.2, 0.25) is 0 Å². The molecule has 0 fully saturated rings. The van der Waals surface area contributed by atoms with Gasteiger partial charge >= 0.3 is 0 Å². The second-order valence-electron chi connectivity index (χ2n) is 6.07. The molecule has 1 N–H and O–H groups in total. The molecule has 2 aromatic rings. The lowest BCUT2D eigenvalue weighted by Gasteiger charge is -2.22. The Balaban J connectivity index is 2.07. The predicted molar refractivity (Wildman–Crippen MR) is 84.1 cm³/mol. The number of hydrogen-bond donors (Lipinski definition) is 1. The van der Waals surface area contributed by atoms with E-state index in [-0.39, 0.29) is 5.54 Å². The van der Waals surface area contributed by atoms with Gasteiger partial charge in [-0.05, 0) is 39.8 Å². The van der Waals surface area contributed by atoms with E-state index >= 15 is 0 Å². The van der Waals surface area contributed by atoms with Gasteiger partial charge in [-0.25, -0.2) is 4.98 Å². The average Bonchev–Trinajstić information content (AvgIpc) is 2.95. The van der Waals surface area contributed by atoms with Gasteiger partial charge in [0.05, 0.1) is 24.7 Å². The molecule has 2 rings (SSSR count). The van der Waals surface area contributed by atoms with Crippen LogP contribution in [-0.4, -0.2) is 22.1 Å². The Morgan fingerprint density at radius 2 is 2.10 bits per heavy atom. The summed E-state index contributed by atoms with van der Waals surface area (Å²) in [5, 5.41) is 3.43. The van der Waals surface area contributed by atoms with Gasteiger partial charge in [-0.2, -0.15) is 0 Å². The van der Waals surface area contributed by atoms with Crippen molar-refractivity contribution in [2.75, 3.05) is 11.4 Å². The molecule has 0 amide bonds. The van der Waals surface area contributed by atoms with Gasteiger partial charge in [0, 0.05) is 24.8 Å². The minimum Gasteiger partial charge on any atom is -0.467 e. The van der Waals surface area contributed by atoms with Gasteiger partial charge < -0.3 is 14.6 Å². The zero-order valence-electron chi connectivity index (χ0n) is 13.3. The summed E-state index contributed by atoms with van der Waals surface area (Å²) in [4.78, 5) is 11.1. The summed E-state index contributed by atoms with van der Waals surface area (Å²) in [6.07, 6.45) is 5.30. The largest absolute Gasteiger partial charge is 0.467 e. The number of nitrogens with zero attached hydrogens (tertiary/aromatic N) is 3. The van der Waals surface area contributed by atoms with Crippen molar-refractivity contribution in [3.8, 4) is 0 Å². The lowest BCUT2D eigenvalue weighted by Crippen LogP contribution is -2.35. The molecule has 0 bridgehead atoms. The first-order valence-electron chi connectivity index (χ1n) is 7.31. The number of furan rings is 1. The van der Waals surface area contributed by atoms with E-state index in [0.717, 1.165) is 23.8 Å². The first kappa shape index (κ1) is 15.5. The molecule has 2 heterocycles. The summed E-state index contributed by atoms with van der Waals surface area (Å²) < 4.78 is 5.41. The molecule has 0 aliphatic carbocycles. The maximum atomic E-state index is 5.41. The molecule has 0 aliphatic heterocycles. The Bertz CT molecular complexity index is 546. The molecule has 5 heteroatoms. The maximum absolute atomic E-state index is 5.41. The SMILES string of the molecule is CCN(Cc1ccco1)c1cncc(CNC(C)(C)C)n1. The maximum Gasteiger partial charge on any atom is 0.147 e. The summed E-state index contributed by atoms with van der Waals surface area (Å²) in [5.41, 5.74) is 1.01. The van der Waals surface area contributed by atoms with Crippen molar-refractivity contribution in [1.29, 1.82) is 0 Å². The number of anilines is 1. The van der Waals surface area contributed by atoms with E-state index < -0.39 is 0 Å². The molecule has 21 heavy (non-hydrogen) atoms. The smallest absolute Gasteiger partial charge is 0.147 e. The van der Waals surface area contributed by atoms with E-state index in [1.165, 1.54) is 0 Å². The van der Waals surface area contributed by atoms with Crippen LogP contribution >= 0.6 is 0 Å². The molecule has 0 radical (unpaired) electrons. The second kappa shape index (κ2) is 6.72. The van der Waals surface area contributed by atoms with Crippen molar-refractivity contribution < 1.29 is 4.42 Å². The highest BCUT2D eigenvalue weighted by molar-refractivity contribution is 5.36. The monoisotopic (exact) mass is 288 g/mol. The minimum atomic E-state index is 0.0658. The van der Waals surface area contributed by atoms with Crippen molar-refractivity contribution in [2.24, 2.45) is 0 Å². The molecular formula is C16H24N4O. The van der Waals surface area contributed by atoms with Crippen LogP contribution in [0.3, 0.4) is 0 Å². The molecule has 0 spiro atoms. The molecular weight excluding hydrogens is 264 g/mol. The molecule has 0 saturated carbocycles. The lowest BCUT2D eigenvalue weighted by atomic mass is 10.1. The van der Waals surface area contributed by atoms with E-state index in [1.807, 2.05) is 18.3 Å². The third-order valence-corrected chi connectivity index (χ3v) is 3.10. The van der Waals surface area contributed by atoms with Gasteiger partial charge in [0.15, 0.2) is 0 Å². The second-order valence-corrected chi connectivity index (χ2v) is 6.07. The molecule has 0 unspecified atom stereocenters. The van der Waals surface area contributed by atoms with E-state index in [4.69, 9.17) is 4.42 Å². The molecule has 0 aromatic carbocycles. The van der Waals surface area contributed by atoms with Crippen LogP contribution in [0.4, 0.5) is 5.82 Å². The fourth-order valence-electron chi connectivity index (χ4n) is 1.93. The van der Waals surface area contributed by atoms with Gasteiger partial charge in [0.1, 0.15) is 11.6 Å². The van der Waals surface area contributed by atoms with Gasteiger partial charge in [0.25, 0.3) is 0 Å². The van der Waals surface area contributed by atoms with Gasteiger partial charge in [-0.15, -0.1) is 0 Å². The Kier molecular flexibility index (Phi) is 4.96. The van der Waals surface area contributed by atoms with Crippen molar-refractivity contribution in [1.82, 2.24) is 15.3 Å². The molecule has 2 aromatic heterocycles. The summed E-state index contributed by atoms with van der Waals surface area (Å²) in [7, 11) is 0. The Morgan fingerprint density at radius 1 is 1.29 bits per heavy atom. The van der Waals surface area contributed by atoms with Crippen LogP contribution < -0.4 is 10.2 Å². The van der Waals surface area contributed by atoms with Crippen LogP contribution in [0.25, 0.3) is 0 Å². The third kappa shape index (κ3) is 4.86. The fraction of sp³-hybridized carbons (Fsp3) is 0.500. The number of nitrogens with one attached hydrogen (secondary N) is 1. The van der Waals surface area contributed by atoms with Crippen molar-refractivity contribution in [3.05, 3.63) is 42.2 Å². The van der Waals surface area contributed by atoms with Crippen LogP contribution in [0.1, 0.15) is 39.1 Å². The summed E-state index contributed by atoms with van der Waals surface area (Å²) in [5.74, 6) is 1.80. The molecule has 5 nitrogen and oxygen atoms in total. The topological polar surface area (TPSA) is 54.2 Å². The standard InChI is InChI=1S/C16H24N4O/c1-5-20(12-14-7-6-8-21-14)15-11-17-9-13(19-15)10-18-16(2,3)4/h6-9,11,18H,5,10,12H2,1-4H3. The van der Waals surface area contributed by atoms with Gasteiger partial charge in [0.2, 0.25) is 0 Å². The average molecular weight is 288 g/mol. The third-order valence-electron chi connectivity index (χ3n) is 3.10. The molecule has 0 aliphatic rings. The molecule has 114 valence electrons. The van der Waals surface area contributed by atoms with Crippen LogP contribution in [0.15, 0.2) is 35.2 Å². The first-order valence-corrected chi connectivity index (χ1v) is 7.31. The number of aromatic nitrogens is 2. The van der Waals surface area contributed by atoms with E-state index in [0.29, 0.717) is 13.1 Å². The Morgan fingerprint density at radius 3 is 2.71 bits per heavy atom. The van der Waals surface area contributed by atoms with Crippen LogP contribution in [-0.2, 0) is 13.1 Å². The van der Waals surface area contributed by atoms with Crippen molar-refractivity contribution in [3.63, 3.8) is 0 Å². The lowest BCUT2D eigenvalue weighted by molar-refractivity contribution is 0.421. The van der Waals surface area contributed by atoms with Crippen molar-refractivity contribution >= 4 is 5.82 Å². The molecule has 0 saturated heterocycles. The Labute approximate surface area is 126 Å². The normalized spacial score (nSPS) is 11.6. The van der Waals surface area contributed by atoms with E-state index in [1.54, 1.807) is 12.5 Å². The van der Waals surface area contributed by atoms with Crippen LogP contribution in [0, 0.1) is 0 Å². The molecule has 0 atom stereocenters. The minimum absolute atomic E-state index is 0.0658. The van der Waals surface area contributed by atoms with Crippen LogP contribution in [0.5, 0.6) is 0 Å². The Hall–Kier alpha value is -1.88. The quantitative estimate of drug-likeness (QED) is 0.885. The highest BCUT2D eigenvalue weighted by Crippen LogP contribution is 2.14. The summed E-state index contributed by atoms with van der Waals surface area (Å²) >= 11 is 0. The first-order chi connectivity index (χ1) is 9.98. The van der Waals surface area contributed by atoms with Crippen molar-refractivity contribution in [2.45, 2.75) is 46.3 Å². The highest BCUT2D eigenvalue weighted by Gasteiger charge is 2.12.